The Morgan fingerprint density at radius 2 is 2.00 bits per heavy atom. The van der Waals surface area contributed by atoms with E-state index in [1.807, 2.05) is 24.3 Å². The van der Waals surface area contributed by atoms with Crippen LogP contribution in [0.2, 0.25) is 0 Å². The number of hydrogen-bond acceptors (Lipinski definition) is 3. The van der Waals surface area contributed by atoms with Gasteiger partial charge in [0.2, 0.25) is 5.91 Å². The molecule has 0 spiro atoms. The zero-order valence-electron chi connectivity index (χ0n) is 13.4. The molecule has 1 aliphatic carbocycles. The number of carbonyl (C=O) groups is 1. The minimum Gasteiger partial charge on any atom is -0.495 e. The summed E-state index contributed by atoms with van der Waals surface area (Å²) in [6.45, 7) is 1.56. The highest BCUT2D eigenvalue weighted by Crippen LogP contribution is 2.35. The van der Waals surface area contributed by atoms with Gasteiger partial charge in [-0.2, -0.15) is 0 Å². The fourth-order valence-corrected chi connectivity index (χ4v) is 4.05. The lowest BCUT2D eigenvalue weighted by molar-refractivity contribution is -0.118. The van der Waals surface area contributed by atoms with Crippen molar-refractivity contribution in [2.24, 2.45) is 5.92 Å². The van der Waals surface area contributed by atoms with E-state index in [-0.39, 0.29) is 5.91 Å². The predicted octanol–water partition coefficient (Wildman–Crippen LogP) is 3.29. The average molecular weight is 302 g/mol. The maximum Gasteiger partial charge on any atom is 0.238 e. The number of hydrogen-bond donors (Lipinski definition) is 1. The molecule has 22 heavy (non-hydrogen) atoms. The van der Waals surface area contributed by atoms with Crippen LogP contribution in [0.25, 0.3) is 0 Å². The van der Waals surface area contributed by atoms with Crippen LogP contribution in [0.3, 0.4) is 0 Å². The molecular weight excluding hydrogens is 276 g/mol. The molecule has 120 valence electrons. The topological polar surface area (TPSA) is 41.6 Å². The van der Waals surface area contributed by atoms with Gasteiger partial charge in [0, 0.05) is 6.04 Å². The van der Waals surface area contributed by atoms with Crippen molar-refractivity contribution in [2.45, 2.75) is 44.6 Å². The summed E-state index contributed by atoms with van der Waals surface area (Å²) in [4.78, 5) is 14.8. The molecule has 2 fully saturated rings. The standard InChI is InChI=1S/C18H26N2O2/c1-22-17-11-5-3-9-15(17)19-18(21)13-20-12-6-8-14-7-2-4-10-16(14)20/h3,5,9,11,14,16H,2,4,6-8,10,12-13H2,1H3,(H,19,21)/t14-,16+/m1/s1. The maximum atomic E-state index is 12.4. The second-order valence-electron chi connectivity index (χ2n) is 6.47. The first-order valence-electron chi connectivity index (χ1n) is 8.45. The average Bonchev–Trinajstić information content (AvgIpc) is 2.55. The minimum absolute atomic E-state index is 0.0655. The van der Waals surface area contributed by atoms with Crippen molar-refractivity contribution in [3.63, 3.8) is 0 Å². The maximum absolute atomic E-state index is 12.4. The molecule has 0 radical (unpaired) electrons. The van der Waals surface area contributed by atoms with E-state index < -0.39 is 0 Å². The van der Waals surface area contributed by atoms with E-state index in [1.165, 1.54) is 38.5 Å². The molecular formula is C18H26N2O2. The predicted molar refractivity (Wildman–Crippen MR) is 88.2 cm³/mol. The summed E-state index contributed by atoms with van der Waals surface area (Å²) in [7, 11) is 1.63. The SMILES string of the molecule is COc1ccccc1NC(=O)CN1CCC[C@H]2CCCC[C@@H]21. The van der Waals surface area contributed by atoms with Gasteiger partial charge in [-0.1, -0.05) is 25.0 Å². The molecule has 1 saturated heterocycles. The number of rotatable bonds is 4. The number of nitrogens with zero attached hydrogens (tertiary/aromatic N) is 1. The van der Waals surface area contributed by atoms with Crippen LogP contribution in [0, 0.1) is 5.92 Å². The van der Waals surface area contributed by atoms with Crippen molar-refractivity contribution in [2.75, 3.05) is 25.5 Å². The normalized spacial score (nSPS) is 25.3. The van der Waals surface area contributed by atoms with E-state index in [0.29, 0.717) is 18.3 Å². The number of likely N-dealkylation sites (tertiary alicyclic amines) is 1. The largest absolute Gasteiger partial charge is 0.495 e. The van der Waals surface area contributed by atoms with Crippen LogP contribution >= 0.6 is 0 Å². The Labute approximate surface area is 132 Å². The van der Waals surface area contributed by atoms with Crippen LogP contribution in [-0.4, -0.2) is 37.0 Å². The molecule has 3 rings (SSSR count). The number of benzene rings is 1. The lowest BCUT2D eigenvalue weighted by atomic mass is 9.78. The highest BCUT2D eigenvalue weighted by Gasteiger charge is 2.33. The highest BCUT2D eigenvalue weighted by molar-refractivity contribution is 5.93. The zero-order valence-corrected chi connectivity index (χ0v) is 13.4. The summed E-state index contributed by atoms with van der Waals surface area (Å²) in [6, 6.07) is 8.19. The number of anilines is 1. The Morgan fingerprint density at radius 3 is 2.86 bits per heavy atom. The molecule has 1 amide bonds. The summed E-state index contributed by atoms with van der Waals surface area (Å²) >= 11 is 0. The molecule has 2 aliphatic rings. The van der Waals surface area contributed by atoms with Crippen molar-refractivity contribution in [1.82, 2.24) is 4.90 Å². The number of carbonyl (C=O) groups excluding carboxylic acids is 1. The molecule has 1 saturated carbocycles. The molecule has 0 bridgehead atoms. The third-order valence-corrected chi connectivity index (χ3v) is 5.09. The van der Waals surface area contributed by atoms with Crippen LogP contribution in [0.15, 0.2) is 24.3 Å². The van der Waals surface area contributed by atoms with Crippen LogP contribution in [-0.2, 0) is 4.79 Å². The molecule has 1 N–H and O–H groups in total. The smallest absolute Gasteiger partial charge is 0.238 e. The van der Waals surface area contributed by atoms with Crippen molar-refractivity contribution in [1.29, 1.82) is 0 Å². The molecule has 0 unspecified atom stereocenters. The van der Waals surface area contributed by atoms with Gasteiger partial charge in [-0.25, -0.2) is 0 Å². The van der Waals surface area contributed by atoms with E-state index in [1.54, 1.807) is 7.11 Å². The Hall–Kier alpha value is -1.55. The van der Waals surface area contributed by atoms with Gasteiger partial charge in [-0.15, -0.1) is 0 Å². The third-order valence-electron chi connectivity index (χ3n) is 5.09. The molecule has 0 aromatic heterocycles. The summed E-state index contributed by atoms with van der Waals surface area (Å²) in [5.41, 5.74) is 0.757. The molecule has 4 nitrogen and oxygen atoms in total. The minimum atomic E-state index is 0.0655. The first-order chi connectivity index (χ1) is 10.8. The molecule has 1 aliphatic heterocycles. The number of piperidine rings is 1. The molecule has 1 aromatic carbocycles. The second kappa shape index (κ2) is 7.14. The molecule has 2 atom stereocenters. The summed E-state index contributed by atoms with van der Waals surface area (Å²) in [5.74, 6) is 1.59. The van der Waals surface area contributed by atoms with Crippen LogP contribution in [0.1, 0.15) is 38.5 Å². The number of methoxy groups -OCH3 is 1. The van der Waals surface area contributed by atoms with E-state index >= 15 is 0 Å². The van der Waals surface area contributed by atoms with Gasteiger partial charge in [-0.3, -0.25) is 9.69 Å². The van der Waals surface area contributed by atoms with Crippen LogP contribution in [0.4, 0.5) is 5.69 Å². The van der Waals surface area contributed by atoms with Gasteiger partial charge in [-0.05, 0) is 50.3 Å². The first-order valence-corrected chi connectivity index (χ1v) is 8.45. The lowest BCUT2D eigenvalue weighted by Crippen LogP contribution is -2.49. The third kappa shape index (κ3) is 3.43. The van der Waals surface area contributed by atoms with Crippen LogP contribution in [0.5, 0.6) is 5.75 Å². The van der Waals surface area contributed by atoms with Crippen molar-refractivity contribution >= 4 is 11.6 Å². The summed E-state index contributed by atoms with van der Waals surface area (Å²) < 4.78 is 5.29. The summed E-state index contributed by atoms with van der Waals surface area (Å²) in [5, 5.41) is 3.00. The van der Waals surface area contributed by atoms with Crippen molar-refractivity contribution in [3.05, 3.63) is 24.3 Å². The van der Waals surface area contributed by atoms with Crippen molar-refractivity contribution in [3.8, 4) is 5.75 Å². The van der Waals surface area contributed by atoms with Crippen LogP contribution < -0.4 is 10.1 Å². The van der Waals surface area contributed by atoms with Gasteiger partial charge in [0.05, 0.1) is 19.3 Å². The Balaban J connectivity index is 1.61. The number of nitrogens with one attached hydrogen (secondary N) is 1. The number of para-hydroxylation sites is 2. The first kappa shape index (κ1) is 15.3. The fourth-order valence-electron chi connectivity index (χ4n) is 4.05. The molecule has 1 heterocycles. The Bertz CT molecular complexity index is 516. The van der Waals surface area contributed by atoms with E-state index in [2.05, 4.69) is 10.2 Å². The van der Waals surface area contributed by atoms with Crippen molar-refractivity contribution < 1.29 is 9.53 Å². The molecule has 1 aromatic rings. The number of ether oxygens (including phenoxy) is 1. The van der Waals surface area contributed by atoms with E-state index in [4.69, 9.17) is 4.74 Å². The van der Waals surface area contributed by atoms with Gasteiger partial charge >= 0.3 is 0 Å². The van der Waals surface area contributed by atoms with Gasteiger partial charge in [0.15, 0.2) is 0 Å². The molecule has 4 heteroatoms. The Morgan fingerprint density at radius 1 is 1.23 bits per heavy atom. The quantitative estimate of drug-likeness (QED) is 0.928. The van der Waals surface area contributed by atoms with Gasteiger partial charge in [0.1, 0.15) is 5.75 Å². The summed E-state index contributed by atoms with van der Waals surface area (Å²) in [6.07, 6.45) is 7.84. The van der Waals surface area contributed by atoms with Gasteiger partial charge < -0.3 is 10.1 Å². The monoisotopic (exact) mass is 302 g/mol. The fraction of sp³-hybridized carbons (Fsp3) is 0.611. The zero-order chi connectivity index (χ0) is 15.4. The van der Waals surface area contributed by atoms with E-state index in [0.717, 1.165) is 18.2 Å². The Kier molecular flexibility index (Phi) is 4.98. The highest BCUT2D eigenvalue weighted by atomic mass is 16.5. The second-order valence-corrected chi connectivity index (χ2v) is 6.47. The van der Waals surface area contributed by atoms with Gasteiger partial charge in [0.25, 0.3) is 0 Å². The lowest BCUT2D eigenvalue weighted by Gasteiger charge is -2.43. The number of amides is 1. The number of fused-ring (bicyclic) bond motifs is 1. The van der Waals surface area contributed by atoms with E-state index in [9.17, 15) is 4.79 Å².